The molecule has 2 N–H and O–H groups in total. The van der Waals surface area contributed by atoms with Crippen molar-refractivity contribution in [1.29, 1.82) is 0 Å². The average molecular weight is 185 g/mol. The maximum absolute atomic E-state index is 10.8. The average Bonchev–Trinajstić information content (AvgIpc) is 2.57. The molecule has 0 unspecified atom stereocenters. The summed E-state index contributed by atoms with van der Waals surface area (Å²) in [7, 11) is 0. The zero-order valence-corrected chi connectivity index (χ0v) is 7.28. The number of H-pyrrole nitrogens is 1. The second-order valence-corrected chi connectivity index (χ2v) is 2.24. The lowest BCUT2D eigenvalue weighted by atomic mass is 10.4. The molecule has 1 aromatic rings. The predicted octanol–water partition coefficient (Wildman–Crippen LogP) is -0.512. The summed E-state index contributed by atoms with van der Waals surface area (Å²) in [6, 6.07) is 0. The summed E-state index contributed by atoms with van der Waals surface area (Å²) < 4.78 is 4.78. The Balaban J connectivity index is 2.11. The number of amides is 1. The van der Waals surface area contributed by atoms with E-state index in [-0.39, 0.29) is 6.61 Å². The number of alkyl carbamates (subject to hydrolysis) is 1. The fraction of sp³-hybridized carbons (Fsp3) is 0.667. The monoisotopic (exact) mass is 185 g/mol. The molecule has 1 heterocycles. The van der Waals surface area contributed by atoms with E-state index in [1.54, 1.807) is 0 Å². The molecule has 7 nitrogen and oxygen atoms in total. The molecule has 1 aromatic heterocycles. The second-order valence-electron chi connectivity index (χ2n) is 2.24. The summed E-state index contributed by atoms with van der Waals surface area (Å²) in [5.41, 5.74) is 0. The molecule has 0 bridgehead atoms. The highest BCUT2D eigenvalue weighted by molar-refractivity contribution is 5.66. The summed E-state index contributed by atoms with van der Waals surface area (Å²) in [5.74, 6) is 0.532. The number of hydrogen-bond acceptors (Lipinski definition) is 5. The van der Waals surface area contributed by atoms with Gasteiger partial charge in [-0.05, 0) is 6.92 Å². The van der Waals surface area contributed by atoms with Gasteiger partial charge in [-0.2, -0.15) is 5.21 Å². The molecule has 0 aliphatic heterocycles. The lowest BCUT2D eigenvalue weighted by molar-refractivity contribution is 0.147. The Morgan fingerprint density at radius 3 is 3.15 bits per heavy atom. The Bertz CT molecular complexity index is 248. The van der Waals surface area contributed by atoms with Gasteiger partial charge in [-0.3, -0.25) is 0 Å². The van der Waals surface area contributed by atoms with Gasteiger partial charge in [-0.1, -0.05) is 5.21 Å². The van der Waals surface area contributed by atoms with Crippen LogP contribution in [0.15, 0.2) is 0 Å². The first-order chi connectivity index (χ1) is 6.33. The van der Waals surface area contributed by atoms with Crippen LogP contribution in [0.1, 0.15) is 12.7 Å². The highest BCUT2D eigenvalue weighted by Crippen LogP contribution is 1.87. The van der Waals surface area contributed by atoms with Crippen LogP contribution < -0.4 is 5.32 Å². The van der Waals surface area contributed by atoms with E-state index in [2.05, 4.69) is 25.9 Å². The standard InChI is InChI=1S/C6H11N5O2/c1-2-7-6(12)13-4-3-5-8-10-11-9-5/h2-4H2,1H3,(H,7,12)(H,8,9,10,11). The van der Waals surface area contributed by atoms with Crippen LogP contribution in [0, 0.1) is 0 Å². The van der Waals surface area contributed by atoms with Gasteiger partial charge in [-0.25, -0.2) is 4.79 Å². The van der Waals surface area contributed by atoms with Crippen LogP contribution in [0.3, 0.4) is 0 Å². The second kappa shape index (κ2) is 5.07. The molecule has 0 saturated carbocycles. The van der Waals surface area contributed by atoms with Crippen molar-refractivity contribution in [3.63, 3.8) is 0 Å². The van der Waals surface area contributed by atoms with Crippen molar-refractivity contribution in [1.82, 2.24) is 25.9 Å². The van der Waals surface area contributed by atoms with Gasteiger partial charge in [0.05, 0.1) is 0 Å². The van der Waals surface area contributed by atoms with E-state index >= 15 is 0 Å². The molecule has 0 aliphatic carbocycles. The van der Waals surface area contributed by atoms with Gasteiger partial charge < -0.3 is 10.1 Å². The SMILES string of the molecule is CCNC(=O)OCCc1nn[nH]n1. The number of aromatic amines is 1. The fourth-order valence-corrected chi connectivity index (χ4v) is 0.719. The van der Waals surface area contributed by atoms with E-state index < -0.39 is 6.09 Å². The molecule has 0 radical (unpaired) electrons. The summed E-state index contributed by atoms with van der Waals surface area (Å²) in [6.07, 6.45) is 0.0409. The van der Waals surface area contributed by atoms with Crippen molar-refractivity contribution >= 4 is 6.09 Å². The maximum Gasteiger partial charge on any atom is 0.407 e. The molecule has 72 valence electrons. The number of carbonyl (C=O) groups excluding carboxylic acids is 1. The van der Waals surface area contributed by atoms with E-state index in [4.69, 9.17) is 4.74 Å². The molecule has 0 fully saturated rings. The number of rotatable bonds is 4. The minimum atomic E-state index is -0.425. The largest absolute Gasteiger partial charge is 0.449 e. The minimum absolute atomic E-state index is 0.255. The van der Waals surface area contributed by atoms with Crippen LogP contribution in [-0.4, -0.2) is 39.9 Å². The molecule has 1 amide bonds. The lowest BCUT2D eigenvalue weighted by Gasteiger charge is -2.02. The number of tetrazole rings is 1. The van der Waals surface area contributed by atoms with E-state index in [9.17, 15) is 4.79 Å². The van der Waals surface area contributed by atoms with Crippen LogP contribution in [0.2, 0.25) is 0 Å². The highest BCUT2D eigenvalue weighted by Gasteiger charge is 2.01. The fourth-order valence-electron chi connectivity index (χ4n) is 0.719. The van der Waals surface area contributed by atoms with Crippen molar-refractivity contribution in [2.75, 3.05) is 13.2 Å². The zero-order valence-electron chi connectivity index (χ0n) is 7.28. The third-order valence-corrected chi connectivity index (χ3v) is 1.27. The first kappa shape index (κ1) is 9.43. The Morgan fingerprint density at radius 2 is 2.54 bits per heavy atom. The molecule has 0 spiro atoms. The first-order valence-corrected chi connectivity index (χ1v) is 3.96. The van der Waals surface area contributed by atoms with Gasteiger partial charge in [0.15, 0.2) is 5.82 Å². The number of carbonyl (C=O) groups is 1. The summed E-state index contributed by atoms with van der Waals surface area (Å²) in [4.78, 5) is 10.8. The Kier molecular flexibility index (Phi) is 3.68. The van der Waals surface area contributed by atoms with Crippen LogP contribution in [-0.2, 0) is 11.2 Å². The van der Waals surface area contributed by atoms with Gasteiger partial charge in [-0.15, -0.1) is 10.2 Å². The normalized spacial score (nSPS) is 9.62. The first-order valence-electron chi connectivity index (χ1n) is 3.96. The molecule has 13 heavy (non-hydrogen) atoms. The van der Waals surface area contributed by atoms with Crippen LogP contribution in [0.4, 0.5) is 4.79 Å². The molecule has 0 saturated heterocycles. The molecule has 0 aromatic carbocycles. The molecule has 7 heteroatoms. The Morgan fingerprint density at radius 1 is 1.69 bits per heavy atom. The van der Waals surface area contributed by atoms with E-state index in [0.29, 0.717) is 18.8 Å². The molecular weight excluding hydrogens is 174 g/mol. The predicted molar refractivity (Wildman–Crippen MR) is 42.9 cm³/mol. The van der Waals surface area contributed by atoms with Crippen LogP contribution >= 0.6 is 0 Å². The lowest BCUT2D eigenvalue weighted by Crippen LogP contribution is -2.24. The molecule has 0 aliphatic rings. The number of ether oxygens (including phenoxy) is 1. The summed E-state index contributed by atoms with van der Waals surface area (Å²) >= 11 is 0. The third kappa shape index (κ3) is 3.50. The maximum atomic E-state index is 10.8. The number of hydrogen-bond donors (Lipinski definition) is 2. The van der Waals surface area contributed by atoms with Gasteiger partial charge in [0.25, 0.3) is 0 Å². The smallest absolute Gasteiger partial charge is 0.407 e. The van der Waals surface area contributed by atoms with Crippen LogP contribution in [0.25, 0.3) is 0 Å². The Labute approximate surface area is 74.9 Å². The highest BCUT2D eigenvalue weighted by atomic mass is 16.5. The third-order valence-electron chi connectivity index (χ3n) is 1.27. The van der Waals surface area contributed by atoms with Crippen LogP contribution in [0.5, 0.6) is 0 Å². The summed E-state index contributed by atoms with van der Waals surface area (Å²) in [6.45, 7) is 2.63. The quantitative estimate of drug-likeness (QED) is 0.658. The summed E-state index contributed by atoms with van der Waals surface area (Å²) in [5, 5.41) is 15.6. The van der Waals surface area contributed by atoms with Gasteiger partial charge in [0.2, 0.25) is 0 Å². The van der Waals surface area contributed by atoms with E-state index in [1.165, 1.54) is 0 Å². The molecule has 0 atom stereocenters. The molecule has 1 rings (SSSR count). The van der Waals surface area contributed by atoms with Crippen molar-refractivity contribution < 1.29 is 9.53 Å². The zero-order chi connectivity index (χ0) is 9.52. The van der Waals surface area contributed by atoms with Crippen molar-refractivity contribution in [3.05, 3.63) is 5.82 Å². The molecular formula is C6H11N5O2. The van der Waals surface area contributed by atoms with Crippen molar-refractivity contribution in [2.45, 2.75) is 13.3 Å². The van der Waals surface area contributed by atoms with Gasteiger partial charge >= 0.3 is 6.09 Å². The minimum Gasteiger partial charge on any atom is -0.449 e. The Hall–Kier alpha value is -1.66. The van der Waals surface area contributed by atoms with Crippen molar-refractivity contribution in [3.8, 4) is 0 Å². The number of nitrogens with zero attached hydrogens (tertiary/aromatic N) is 3. The van der Waals surface area contributed by atoms with E-state index in [1.807, 2.05) is 6.92 Å². The van der Waals surface area contributed by atoms with Crippen molar-refractivity contribution in [2.24, 2.45) is 0 Å². The topological polar surface area (TPSA) is 92.8 Å². The number of nitrogens with one attached hydrogen (secondary N) is 2. The van der Waals surface area contributed by atoms with Gasteiger partial charge in [0.1, 0.15) is 6.61 Å². The number of aromatic nitrogens is 4. The van der Waals surface area contributed by atoms with E-state index in [0.717, 1.165) is 0 Å². The van der Waals surface area contributed by atoms with Gasteiger partial charge in [0, 0.05) is 13.0 Å².